The van der Waals surface area contributed by atoms with Gasteiger partial charge in [0, 0.05) is 30.7 Å². The lowest BCUT2D eigenvalue weighted by Gasteiger charge is -2.18. The number of para-hydroxylation sites is 1. The van der Waals surface area contributed by atoms with Crippen molar-refractivity contribution in [1.29, 1.82) is 0 Å². The molecule has 0 spiro atoms. The normalized spacial score (nSPS) is 11.0. The van der Waals surface area contributed by atoms with Crippen LogP contribution in [0.4, 0.5) is 10.1 Å². The van der Waals surface area contributed by atoms with Crippen LogP contribution in [0, 0.1) is 5.82 Å². The van der Waals surface area contributed by atoms with E-state index in [-0.39, 0.29) is 17.1 Å². The number of hydrogen-bond acceptors (Lipinski definition) is 4. The summed E-state index contributed by atoms with van der Waals surface area (Å²) < 4.78 is 14.7. The molecule has 0 saturated heterocycles. The molecule has 2 aromatic carbocycles. The number of rotatable bonds is 3. The molecule has 2 heterocycles. The SMILES string of the molecule is CN(C(=O)c1c(O)c2c(-c3ccc(F)cc3)csc2n(C)c1=O)c1ccccc1. The van der Waals surface area contributed by atoms with E-state index < -0.39 is 11.5 Å². The summed E-state index contributed by atoms with van der Waals surface area (Å²) in [6.45, 7) is 0. The van der Waals surface area contributed by atoms with Crippen LogP contribution >= 0.6 is 11.3 Å². The summed E-state index contributed by atoms with van der Waals surface area (Å²) in [5.74, 6) is -1.34. The third-order valence-corrected chi connectivity index (χ3v) is 5.94. The predicted molar refractivity (Wildman–Crippen MR) is 113 cm³/mol. The molecule has 2 aromatic heterocycles. The van der Waals surface area contributed by atoms with E-state index in [1.54, 1.807) is 55.9 Å². The quantitative estimate of drug-likeness (QED) is 0.547. The van der Waals surface area contributed by atoms with E-state index in [1.807, 2.05) is 6.07 Å². The Balaban J connectivity index is 1.93. The molecule has 146 valence electrons. The molecule has 0 aliphatic rings. The van der Waals surface area contributed by atoms with Crippen molar-refractivity contribution in [3.63, 3.8) is 0 Å². The number of benzene rings is 2. The van der Waals surface area contributed by atoms with Crippen LogP contribution in [0.3, 0.4) is 0 Å². The molecular formula is C22H17FN2O3S. The summed E-state index contributed by atoms with van der Waals surface area (Å²) in [7, 11) is 3.11. The van der Waals surface area contributed by atoms with E-state index in [1.165, 1.54) is 32.9 Å². The van der Waals surface area contributed by atoms with Crippen LogP contribution in [-0.2, 0) is 7.05 Å². The second-order valence-corrected chi connectivity index (χ2v) is 7.48. The van der Waals surface area contributed by atoms with Crippen molar-refractivity contribution in [2.45, 2.75) is 0 Å². The van der Waals surface area contributed by atoms with Crippen molar-refractivity contribution >= 4 is 33.1 Å². The summed E-state index contributed by atoms with van der Waals surface area (Å²) in [5, 5.41) is 13.2. The monoisotopic (exact) mass is 408 g/mol. The molecule has 4 aromatic rings. The van der Waals surface area contributed by atoms with Crippen LogP contribution in [0.25, 0.3) is 21.3 Å². The second kappa shape index (κ2) is 7.18. The first-order valence-electron chi connectivity index (χ1n) is 8.82. The fourth-order valence-electron chi connectivity index (χ4n) is 3.28. The molecule has 0 radical (unpaired) electrons. The Labute approximate surface area is 169 Å². The maximum atomic E-state index is 13.3. The van der Waals surface area contributed by atoms with E-state index in [4.69, 9.17) is 0 Å². The number of aromatic nitrogens is 1. The minimum atomic E-state index is -0.604. The van der Waals surface area contributed by atoms with Gasteiger partial charge in [-0.15, -0.1) is 11.3 Å². The number of carbonyl (C=O) groups is 1. The molecule has 4 rings (SSSR count). The number of nitrogens with zero attached hydrogens (tertiary/aromatic N) is 2. The highest BCUT2D eigenvalue weighted by Gasteiger charge is 2.27. The molecule has 0 aliphatic carbocycles. The highest BCUT2D eigenvalue weighted by atomic mass is 32.1. The first-order valence-corrected chi connectivity index (χ1v) is 9.70. The van der Waals surface area contributed by atoms with Gasteiger partial charge in [0.25, 0.3) is 11.5 Å². The number of fused-ring (bicyclic) bond motifs is 1. The summed E-state index contributed by atoms with van der Waals surface area (Å²) in [6, 6.07) is 14.7. The maximum absolute atomic E-state index is 13.3. The topological polar surface area (TPSA) is 62.5 Å². The van der Waals surface area contributed by atoms with Gasteiger partial charge in [-0.25, -0.2) is 4.39 Å². The number of carbonyl (C=O) groups excluding carboxylic acids is 1. The molecule has 0 aliphatic heterocycles. The lowest BCUT2D eigenvalue weighted by molar-refractivity contribution is 0.0988. The van der Waals surface area contributed by atoms with Crippen molar-refractivity contribution in [3.05, 3.63) is 81.7 Å². The van der Waals surface area contributed by atoms with Gasteiger partial charge in [0.05, 0.1) is 5.39 Å². The van der Waals surface area contributed by atoms with Crippen molar-refractivity contribution < 1.29 is 14.3 Å². The van der Waals surface area contributed by atoms with Gasteiger partial charge in [0.1, 0.15) is 22.0 Å². The molecule has 1 N–H and O–H groups in total. The van der Waals surface area contributed by atoms with Crippen LogP contribution in [0.2, 0.25) is 0 Å². The zero-order valence-electron chi connectivity index (χ0n) is 15.7. The van der Waals surface area contributed by atoms with Gasteiger partial charge in [-0.3, -0.25) is 9.59 Å². The Kier molecular flexibility index (Phi) is 4.68. The van der Waals surface area contributed by atoms with E-state index >= 15 is 0 Å². The number of halogens is 1. The van der Waals surface area contributed by atoms with Crippen molar-refractivity contribution in [3.8, 4) is 16.9 Å². The van der Waals surface area contributed by atoms with Gasteiger partial charge in [-0.2, -0.15) is 0 Å². The molecular weight excluding hydrogens is 391 g/mol. The summed E-state index contributed by atoms with van der Waals surface area (Å²) >= 11 is 1.28. The zero-order valence-corrected chi connectivity index (χ0v) is 16.5. The smallest absolute Gasteiger partial charge is 0.268 e. The first-order chi connectivity index (χ1) is 13.9. The highest BCUT2D eigenvalue weighted by molar-refractivity contribution is 7.17. The van der Waals surface area contributed by atoms with E-state index in [2.05, 4.69) is 0 Å². The van der Waals surface area contributed by atoms with Crippen LogP contribution < -0.4 is 10.5 Å². The Morgan fingerprint density at radius 3 is 2.41 bits per heavy atom. The molecule has 29 heavy (non-hydrogen) atoms. The van der Waals surface area contributed by atoms with Gasteiger partial charge in [-0.05, 0) is 29.8 Å². The molecule has 0 saturated carbocycles. The van der Waals surface area contributed by atoms with Crippen LogP contribution in [0.1, 0.15) is 10.4 Å². The van der Waals surface area contributed by atoms with Crippen molar-refractivity contribution in [1.82, 2.24) is 4.57 Å². The number of aromatic hydroxyl groups is 1. The fraction of sp³-hybridized carbons (Fsp3) is 0.0909. The number of anilines is 1. The minimum Gasteiger partial charge on any atom is -0.506 e. The van der Waals surface area contributed by atoms with Gasteiger partial charge in [0.15, 0.2) is 0 Å². The standard InChI is InChI=1S/C22H17FN2O3S/c1-24(15-6-4-3-5-7-15)20(27)18-19(26)17-16(13-8-10-14(23)11-9-13)12-29-22(17)25(2)21(18)28/h3-12,26H,1-2H3. The van der Waals surface area contributed by atoms with Gasteiger partial charge in [0.2, 0.25) is 0 Å². The lowest BCUT2D eigenvalue weighted by Crippen LogP contribution is -2.33. The third-order valence-electron chi connectivity index (χ3n) is 4.89. The second-order valence-electron chi connectivity index (χ2n) is 6.62. The molecule has 0 fully saturated rings. The number of pyridine rings is 1. The molecule has 1 amide bonds. The van der Waals surface area contributed by atoms with Crippen LogP contribution in [0.15, 0.2) is 64.8 Å². The van der Waals surface area contributed by atoms with Gasteiger partial charge in [-0.1, -0.05) is 30.3 Å². The van der Waals surface area contributed by atoms with E-state index in [0.717, 1.165) is 0 Å². The summed E-state index contributed by atoms with van der Waals surface area (Å²) in [6.07, 6.45) is 0. The highest BCUT2D eigenvalue weighted by Crippen LogP contribution is 2.40. The van der Waals surface area contributed by atoms with Crippen molar-refractivity contribution in [2.75, 3.05) is 11.9 Å². The van der Waals surface area contributed by atoms with E-state index in [9.17, 15) is 19.1 Å². The average Bonchev–Trinajstić information content (AvgIpc) is 3.18. The maximum Gasteiger partial charge on any atom is 0.268 e. The lowest BCUT2D eigenvalue weighted by atomic mass is 10.0. The molecule has 7 heteroatoms. The van der Waals surface area contributed by atoms with Gasteiger partial charge >= 0.3 is 0 Å². The largest absolute Gasteiger partial charge is 0.506 e. The number of thiophene rings is 1. The summed E-state index contributed by atoms with van der Waals surface area (Å²) in [5.41, 5.74) is 1.04. The minimum absolute atomic E-state index is 0.298. The fourth-order valence-corrected chi connectivity index (χ4v) is 4.33. The molecule has 0 bridgehead atoms. The average molecular weight is 408 g/mol. The Morgan fingerprint density at radius 1 is 1.10 bits per heavy atom. The third kappa shape index (κ3) is 3.09. The summed E-state index contributed by atoms with van der Waals surface area (Å²) in [4.78, 5) is 27.8. The molecule has 5 nitrogen and oxygen atoms in total. The van der Waals surface area contributed by atoms with Gasteiger partial charge < -0.3 is 14.6 Å². The Bertz CT molecular complexity index is 1280. The number of amides is 1. The van der Waals surface area contributed by atoms with Crippen LogP contribution in [0.5, 0.6) is 5.75 Å². The van der Waals surface area contributed by atoms with E-state index in [0.29, 0.717) is 27.0 Å². The zero-order chi connectivity index (χ0) is 20.7. The number of hydrogen-bond donors (Lipinski definition) is 1. The number of aryl methyl sites for hydroxylation is 1. The first kappa shape index (κ1) is 18.9. The van der Waals surface area contributed by atoms with Crippen LogP contribution in [-0.4, -0.2) is 22.6 Å². The molecule has 0 unspecified atom stereocenters. The Hall–Kier alpha value is -3.45. The van der Waals surface area contributed by atoms with Crippen molar-refractivity contribution in [2.24, 2.45) is 7.05 Å². The Morgan fingerprint density at radius 2 is 1.76 bits per heavy atom. The predicted octanol–water partition coefficient (Wildman–Crippen LogP) is 4.39. The molecule has 0 atom stereocenters.